The van der Waals surface area contributed by atoms with Gasteiger partial charge in [0.15, 0.2) is 0 Å². The van der Waals surface area contributed by atoms with Crippen LogP contribution in [0.1, 0.15) is 30.0 Å². The van der Waals surface area contributed by atoms with Gasteiger partial charge >= 0.3 is 0 Å². The summed E-state index contributed by atoms with van der Waals surface area (Å²) in [6, 6.07) is 14.8. The van der Waals surface area contributed by atoms with Crippen molar-refractivity contribution in [3.8, 4) is 11.5 Å². The first-order valence-corrected chi connectivity index (χ1v) is 9.34. The Kier molecular flexibility index (Phi) is 6.19. The molecule has 0 aliphatic carbocycles. The number of ether oxygens (including phenoxy) is 2. The zero-order chi connectivity index (χ0) is 20.1. The Morgan fingerprint density at radius 2 is 1.82 bits per heavy atom. The Morgan fingerprint density at radius 3 is 2.50 bits per heavy atom. The fraction of sp³-hybridized carbons (Fsp3) is 0.364. The van der Waals surface area contributed by atoms with Gasteiger partial charge < -0.3 is 19.7 Å². The minimum absolute atomic E-state index is 0.0506. The highest BCUT2D eigenvalue weighted by atomic mass is 16.5. The number of carbonyl (C=O) groups excluding carboxylic acids is 2. The molecule has 1 aliphatic heterocycles. The molecule has 0 spiro atoms. The van der Waals surface area contributed by atoms with Gasteiger partial charge in [0.05, 0.1) is 26.2 Å². The molecule has 2 atom stereocenters. The van der Waals surface area contributed by atoms with Crippen molar-refractivity contribution in [2.45, 2.75) is 25.4 Å². The largest absolute Gasteiger partial charge is 0.497 e. The van der Waals surface area contributed by atoms with E-state index in [2.05, 4.69) is 5.32 Å². The van der Waals surface area contributed by atoms with Crippen molar-refractivity contribution in [2.75, 3.05) is 21.3 Å². The highest BCUT2D eigenvalue weighted by molar-refractivity contribution is 5.85. The molecule has 1 aliphatic rings. The second-order valence-electron chi connectivity index (χ2n) is 6.90. The monoisotopic (exact) mass is 382 g/mol. The third-order valence-electron chi connectivity index (χ3n) is 5.30. The molecule has 28 heavy (non-hydrogen) atoms. The van der Waals surface area contributed by atoms with E-state index >= 15 is 0 Å². The topological polar surface area (TPSA) is 67.9 Å². The fourth-order valence-corrected chi connectivity index (χ4v) is 3.73. The van der Waals surface area contributed by atoms with E-state index in [1.165, 1.54) is 0 Å². The van der Waals surface area contributed by atoms with Crippen molar-refractivity contribution in [3.05, 3.63) is 59.7 Å². The molecule has 148 valence electrons. The molecule has 0 saturated carbocycles. The van der Waals surface area contributed by atoms with E-state index in [4.69, 9.17) is 9.47 Å². The average molecular weight is 382 g/mol. The van der Waals surface area contributed by atoms with Crippen LogP contribution in [-0.4, -0.2) is 38.0 Å². The molecular formula is C22H26N2O4. The minimum atomic E-state index is -0.314. The Balaban J connectivity index is 1.78. The van der Waals surface area contributed by atoms with Crippen molar-refractivity contribution in [1.82, 2.24) is 10.2 Å². The lowest BCUT2D eigenvalue weighted by Crippen LogP contribution is -2.46. The van der Waals surface area contributed by atoms with E-state index < -0.39 is 0 Å². The number of likely N-dealkylation sites (tertiary alicyclic amines) is 1. The van der Waals surface area contributed by atoms with Crippen LogP contribution >= 0.6 is 0 Å². The first-order chi connectivity index (χ1) is 13.5. The van der Waals surface area contributed by atoms with Crippen molar-refractivity contribution >= 4 is 11.8 Å². The van der Waals surface area contributed by atoms with E-state index in [1.54, 1.807) is 26.2 Å². The Labute approximate surface area is 165 Å². The van der Waals surface area contributed by atoms with Gasteiger partial charge in [0.25, 0.3) is 0 Å². The quantitative estimate of drug-likeness (QED) is 0.834. The second-order valence-corrected chi connectivity index (χ2v) is 6.90. The average Bonchev–Trinajstić information content (AvgIpc) is 2.74. The maximum absolute atomic E-state index is 13.0. The van der Waals surface area contributed by atoms with Gasteiger partial charge in [-0.1, -0.05) is 30.3 Å². The Bertz CT molecular complexity index is 835. The molecule has 1 saturated heterocycles. The van der Waals surface area contributed by atoms with Crippen LogP contribution in [0.15, 0.2) is 48.5 Å². The molecule has 0 aromatic heterocycles. The van der Waals surface area contributed by atoms with Crippen LogP contribution in [0.4, 0.5) is 0 Å². The van der Waals surface area contributed by atoms with Gasteiger partial charge in [-0.15, -0.1) is 0 Å². The van der Waals surface area contributed by atoms with Gasteiger partial charge in [0, 0.05) is 25.6 Å². The summed E-state index contributed by atoms with van der Waals surface area (Å²) < 4.78 is 10.6. The molecule has 1 heterocycles. The Hall–Kier alpha value is -3.02. The van der Waals surface area contributed by atoms with Crippen molar-refractivity contribution in [2.24, 2.45) is 5.92 Å². The molecule has 0 radical (unpaired) electrons. The number of rotatable bonds is 6. The lowest BCUT2D eigenvalue weighted by atomic mass is 9.84. The first-order valence-electron chi connectivity index (χ1n) is 9.34. The third-order valence-corrected chi connectivity index (χ3v) is 5.30. The number of piperidine rings is 1. The second kappa shape index (κ2) is 8.78. The van der Waals surface area contributed by atoms with Gasteiger partial charge in [-0.2, -0.15) is 0 Å². The van der Waals surface area contributed by atoms with Crippen LogP contribution in [0.25, 0.3) is 0 Å². The maximum atomic E-state index is 13.0. The summed E-state index contributed by atoms with van der Waals surface area (Å²) in [6.07, 6.45) is 0.896. The molecule has 0 bridgehead atoms. The zero-order valence-electron chi connectivity index (χ0n) is 16.5. The molecule has 6 nitrogen and oxygen atoms in total. The fourth-order valence-electron chi connectivity index (χ4n) is 3.73. The number of benzene rings is 2. The van der Waals surface area contributed by atoms with E-state index in [0.717, 1.165) is 22.6 Å². The molecular weight excluding hydrogens is 356 g/mol. The third kappa shape index (κ3) is 4.11. The number of nitrogens with zero attached hydrogens (tertiary/aromatic N) is 1. The van der Waals surface area contributed by atoms with Gasteiger partial charge in [-0.25, -0.2) is 0 Å². The summed E-state index contributed by atoms with van der Waals surface area (Å²) in [4.78, 5) is 27.0. The summed E-state index contributed by atoms with van der Waals surface area (Å²) in [5.41, 5.74) is 1.84. The number of amides is 2. The molecule has 1 N–H and O–H groups in total. The standard InChI is InChI=1S/C22H26N2O4/c1-24-20(25)13-12-18(21(24)15-8-10-17(27-2)11-9-15)22(26)23-14-16-6-4-5-7-19(16)28-3/h4-11,18,21H,12-14H2,1-3H3,(H,23,26)/t18-,21+/m1/s1. The molecule has 1 fully saturated rings. The highest BCUT2D eigenvalue weighted by Crippen LogP contribution is 2.36. The number of hydrogen-bond donors (Lipinski definition) is 1. The summed E-state index contributed by atoms with van der Waals surface area (Å²) in [5.74, 6) is 1.16. The van der Waals surface area contributed by atoms with Crippen LogP contribution in [-0.2, 0) is 16.1 Å². The van der Waals surface area contributed by atoms with Gasteiger partial charge in [-0.05, 0) is 30.2 Å². The summed E-state index contributed by atoms with van der Waals surface area (Å²) >= 11 is 0. The first kappa shape index (κ1) is 19.7. The molecule has 2 aromatic rings. The van der Waals surface area contributed by atoms with Crippen LogP contribution in [0.2, 0.25) is 0 Å². The lowest BCUT2D eigenvalue weighted by molar-refractivity contribution is -0.141. The van der Waals surface area contributed by atoms with Crippen molar-refractivity contribution in [3.63, 3.8) is 0 Å². The molecule has 3 rings (SSSR count). The number of methoxy groups -OCH3 is 2. The molecule has 2 aromatic carbocycles. The summed E-state index contributed by atoms with van der Waals surface area (Å²) in [6.45, 7) is 0.381. The number of nitrogens with one attached hydrogen (secondary N) is 1. The van der Waals surface area contributed by atoms with Crippen LogP contribution in [0.5, 0.6) is 11.5 Å². The molecule has 6 heteroatoms. The van der Waals surface area contributed by atoms with Crippen LogP contribution in [0, 0.1) is 5.92 Å². The van der Waals surface area contributed by atoms with Crippen molar-refractivity contribution < 1.29 is 19.1 Å². The Morgan fingerprint density at radius 1 is 1.11 bits per heavy atom. The number of carbonyl (C=O) groups is 2. The normalized spacial score (nSPS) is 19.2. The minimum Gasteiger partial charge on any atom is -0.497 e. The number of para-hydroxylation sites is 1. The van der Waals surface area contributed by atoms with Crippen LogP contribution < -0.4 is 14.8 Å². The van der Waals surface area contributed by atoms with Gasteiger partial charge in [0.1, 0.15) is 11.5 Å². The molecule has 2 amide bonds. The molecule has 0 unspecified atom stereocenters. The van der Waals surface area contributed by atoms with Gasteiger partial charge in [0.2, 0.25) is 11.8 Å². The van der Waals surface area contributed by atoms with Crippen LogP contribution in [0.3, 0.4) is 0 Å². The predicted octanol–water partition coefficient (Wildman–Crippen LogP) is 2.93. The number of hydrogen-bond acceptors (Lipinski definition) is 4. The van der Waals surface area contributed by atoms with Crippen molar-refractivity contribution in [1.29, 1.82) is 0 Å². The zero-order valence-corrected chi connectivity index (χ0v) is 16.5. The maximum Gasteiger partial charge on any atom is 0.225 e. The smallest absolute Gasteiger partial charge is 0.225 e. The summed E-state index contributed by atoms with van der Waals surface area (Å²) in [7, 11) is 4.98. The summed E-state index contributed by atoms with van der Waals surface area (Å²) in [5, 5.41) is 3.02. The van der Waals surface area contributed by atoms with E-state index in [-0.39, 0.29) is 23.8 Å². The lowest BCUT2D eigenvalue weighted by Gasteiger charge is -2.38. The van der Waals surface area contributed by atoms with E-state index in [9.17, 15) is 9.59 Å². The van der Waals surface area contributed by atoms with E-state index in [1.807, 2.05) is 48.5 Å². The SMILES string of the molecule is COc1ccc([C@H]2[C@H](C(=O)NCc3ccccc3OC)CCC(=O)N2C)cc1. The van der Waals surface area contributed by atoms with Gasteiger partial charge in [-0.3, -0.25) is 9.59 Å². The van der Waals surface area contributed by atoms with E-state index in [0.29, 0.717) is 19.4 Å². The predicted molar refractivity (Wildman–Crippen MR) is 106 cm³/mol. The highest BCUT2D eigenvalue weighted by Gasteiger charge is 2.38.